The molecule has 0 aliphatic carbocycles. The van der Waals surface area contributed by atoms with Crippen LogP contribution in [0, 0.1) is 0 Å². The van der Waals surface area contributed by atoms with E-state index in [9.17, 15) is 0 Å². The average molecular weight is 345 g/mol. The normalized spacial score (nSPS) is 10.6. The van der Waals surface area contributed by atoms with Crippen molar-refractivity contribution in [3.63, 3.8) is 0 Å². The third-order valence-corrected chi connectivity index (χ3v) is 3.90. The Balaban J connectivity index is 1.92. The van der Waals surface area contributed by atoms with Gasteiger partial charge in [-0.15, -0.1) is 0 Å². The van der Waals surface area contributed by atoms with E-state index in [-0.39, 0.29) is 0 Å². The van der Waals surface area contributed by atoms with E-state index in [1.54, 1.807) is 18.5 Å². The highest BCUT2D eigenvalue weighted by Crippen LogP contribution is 2.28. The van der Waals surface area contributed by atoms with E-state index in [0.717, 1.165) is 34.0 Å². The zero-order valence-electron chi connectivity index (χ0n) is 13.2. The summed E-state index contributed by atoms with van der Waals surface area (Å²) >= 11 is 6.06. The number of hydrogen-bond donors (Lipinski definition) is 0. The number of nitrogens with zero attached hydrogens (tertiary/aromatic N) is 4. The van der Waals surface area contributed by atoms with E-state index in [1.807, 2.05) is 60.7 Å². The van der Waals surface area contributed by atoms with Crippen molar-refractivity contribution < 1.29 is 0 Å². The number of hydrogen-bond acceptors (Lipinski definition) is 4. The molecule has 4 rings (SSSR count). The van der Waals surface area contributed by atoms with Crippen molar-refractivity contribution in [1.82, 2.24) is 19.9 Å². The third kappa shape index (κ3) is 3.39. The van der Waals surface area contributed by atoms with Crippen LogP contribution in [0.2, 0.25) is 5.15 Å². The highest BCUT2D eigenvalue weighted by Gasteiger charge is 2.11. The largest absolute Gasteiger partial charge is 0.255 e. The molecule has 4 aromatic rings. The molecule has 0 saturated carbocycles. The lowest BCUT2D eigenvalue weighted by Crippen LogP contribution is -1.94. The second kappa shape index (κ2) is 6.79. The van der Waals surface area contributed by atoms with Crippen LogP contribution in [-0.4, -0.2) is 19.9 Å². The average Bonchev–Trinajstić information content (AvgIpc) is 2.69. The fraction of sp³-hybridized carbons (Fsp3) is 0. The minimum Gasteiger partial charge on any atom is -0.255 e. The molecule has 0 bridgehead atoms. The van der Waals surface area contributed by atoms with E-state index in [2.05, 4.69) is 15.0 Å². The molecular weight excluding hydrogens is 332 g/mol. The second-order valence-electron chi connectivity index (χ2n) is 5.40. The van der Waals surface area contributed by atoms with Gasteiger partial charge < -0.3 is 0 Å². The molecule has 4 aromatic heterocycles. The van der Waals surface area contributed by atoms with Crippen LogP contribution in [0.1, 0.15) is 0 Å². The monoisotopic (exact) mass is 344 g/mol. The zero-order chi connectivity index (χ0) is 17.1. The molecule has 0 spiro atoms. The van der Waals surface area contributed by atoms with Crippen molar-refractivity contribution >= 4 is 11.6 Å². The van der Waals surface area contributed by atoms with Crippen LogP contribution >= 0.6 is 11.6 Å². The Morgan fingerprint density at radius 3 is 1.68 bits per heavy atom. The molecule has 5 heteroatoms. The van der Waals surface area contributed by atoms with E-state index >= 15 is 0 Å². The lowest BCUT2D eigenvalue weighted by Gasteiger charge is -2.09. The molecule has 0 aliphatic rings. The predicted molar refractivity (Wildman–Crippen MR) is 98.9 cm³/mol. The van der Waals surface area contributed by atoms with Gasteiger partial charge in [-0.3, -0.25) is 9.97 Å². The van der Waals surface area contributed by atoms with Gasteiger partial charge in [0.25, 0.3) is 0 Å². The molecule has 0 aliphatic heterocycles. The number of halogens is 1. The zero-order valence-corrected chi connectivity index (χ0v) is 13.9. The Bertz CT molecular complexity index is 947. The summed E-state index contributed by atoms with van der Waals surface area (Å²) in [4.78, 5) is 18.0. The molecule has 25 heavy (non-hydrogen) atoms. The minimum absolute atomic E-state index is 0.452. The summed E-state index contributed by atoms with van der Waals surface area (Å²) in [7, 11) is 0. The molecule has 0 amide bonds. The van der Waals surface area contributed by atoms with Crippen LogP contribution in [0.4, 0.5) is 0 Å². The molecular formula is C20H13ClN4. The first-order chi connectivity index (χ1) is 12.3. The van der Waals surface area contributed by atoms with Crippen molar-refractivity contribution in [2.24, 2.45) is 0 Å². The Morgan fingerprint density at radius 1 is 0.560 bits per heavy atom. The number of pyridine rings is 4. The van der Waals surface area contributed by atoms with E-state index in [4.69, 9.17) is 16.6 Å². The second-order valence-corrected chi connectivity index (χ2v) is 5.79. The van der Waals surface area contributed by atoms with Gasteiger partial charge in [0.05, 0.1) is 28.5 Å². The minimum atomic E-state index is 0.452. The summed E-state index contributed by atoms with van der Waals surface area (Å²) < 4.78 is 0. The van der Waals surface area contributed by atoms with Crippen LogP contribution in [0.3, 0.4) is 0 Å². The Kier molecular flexibility index (Phi) is 4.19. The summed E-state index contributed by atoms with van der Waals surface area (Å²) in [5, 5.41) is 0.452. The molecule has 0 unspecified atom stereocenters. The van der Waals surface area contributed by atoms with Crippen LogP contribution in [-0.2, 0) is 0 Å². The first-order valence-electron chi connectivity index (χ1n) is 7.77. The van der Waals surface area contributed by atoms with Gasteiger partial charge in [0, 0.05) is 18.0 Å². The van der Waals surface area contributed by atoms with Crippen molar-refractivity contribution in [2.45, 2.75) is 0 Å². The van der Waals surface area contributed by atoms with Gasteiger partial charge in [-0.25, -0.2) is 9.97 Å². The summed E-state index contributed by atoms with van der Waals surface area (Å²) in [6.07, 6.45) is 3.50. The molecule has 0 radical (unpaired) electrons. The number of rotatable bonds is 3. The Labute approximate surface area is 150 Å². The maximum atomic E-state index is 6.06. The van der Waals surface area contributed by atoms with Gasteiger partial charge >= 0.3 is 0 Å². The Morgan fingerprint density at radius 2 is 1.16 bits per heavy atom. The summed E-state index contributed by atoms with van der Waals surface area (Å²) in [5.74, 6) is 0. The van der Waals surface area contributed by atoms with Crippen molar-refractivity contribution in [3.8, 4) is 34.0 Å². The predicted octanol–water partition coefficient (Wildman–Crippen LogP) is 4.92. The number of aromatic nitrogens is 4. The van der Waals surface area contributed by atoms with Crippen LogP contribution in [0.15, 0.2) is 79.1 Å². The maximum Gasteiger partial charge on any atom is 0.129 e. The van der Waals surface area contributed by atoms with E-state index < -0.39 is 0 Å². The molecule has 0 atom stereocenters. The molecule has 0 fully saturated rings. The summed E-state index contributed by atoms with van der Waals surface area (Å²) in [6.45, 7) is 0. The third-order valence-electron chi connectivity index (χ3n) is 3.69. The molecule has 4 nitrogen and oxygen atoms in total. The quantitative estimate of drug-likeness (QED) is 0.495. The SMILES string of the molecule is Clc1cccc(-c2cc(-c3ccccn3)nc(-c3ccccn3)c2)n1. The summed E-state index contributed by atoms with van der Waals surface area (Å²) in [5.41, 5.74) is 4.82. The summed E-state index contributed by atoms with van der Waals surface area (Å²) in [6, 6.07) is 21.0. The lowest BCUT2D eigenvalue weighted by molar-refractivity contribution is 1.21. The van der Waals surface area contributed by atoms with Crippen molar-refractivity contribution in [1.29, 1.82) is 0 Å². The van der Waals surface area contributed by atoms with Gasteiger partial charge in [0.2, 0.25) is 0 Å². The van der Waals surface area contributed by atoms with E-state index in [0.29, 0.717) is 5.15 Å². The first-order valence-corrected chi connectivity index (χ1v) is 8.15. The standard InChI is InChI=1S/C20H13ClN4/c21-20-9-5-8-15(25-20)14-12-18(16-6-1-3-10-22-16)24-19(13-14)17-7-2-4-11-23-17/h1-13H. The first kappa shape index (κ1) is 15.4. The molecule has 0 saturated heterocycles. The van der Waals surface area contributed by atoms with Gasteiger partial charge in [0.1, 0.15) is 5.15 Å². The fourth-order valence-corrected chi connectivity index (χ4v) is 2.70. The molecule has 0 N–H and O–H groups in total. The van der Waals surface area contributed by atoms with Crippen molar-refractivity contribution in [2.75, 3.05) is 0 Å². The molecule has 4 heterocycles. The van der Waals surface area contributed by atoms with Gasteiger partial charge in [0.15, 0.2) is 0 Å². The highest BCUT2D eigenvalue weighted by molar-refractivity contribution is 6.29. The van der Waals surface area contributed by atoms with Crippen LogP contribution in [0.5, 0.6) is 0 Å². The van der Waals surface area contributed by atoms with Crippen molar-refractivity contribution in [3.05, 3.63) is 84.3 Å². The maximum absolute atomic E-state index is 6.06. The topological polar surface area (TPSA) is 51.6 Å². The van der Waals surface area contributed by atoms with Gasteiger partial charge in [-0.2, -0.15) is 0 Å². The highest BCUT2D eigenvalue weighted by atomic mass is 35.5. The fourth-order valence-electron chi connectivity index (χ4n) is 2.54. The van der Waals surface area contributed by atoms with Gasteiger partial charge in [-0.05, 0) is 48.5 Å². The van der Waals surface area contributed by atoms with Crippen LogP contribution in [0.25, 0.3) is 34.0 Å². The Hall–Kier alpha value is -3.11. The van der Waals surface area contributed by atoms with Crippen LogP contribution < -0.4 is 0 Å². The van der Waals surface area contributed by atoms with Gasteiger partial charge in [-0.1, -0.05) is 29.8 Å². The lowest BCUT2D eigenvalue weighted by atomic mass is 10.1. The van der Waals surface area contributed by atoms with E-state index in [1.165, 1.54) is 0 Å². The molecule has 120 valence electrons. The molecule has 0 aromatic carbocycles. The smallest absolute Gasteiger partial charge is 0.129 e.